The maximum absolute atomic E-state index is 11.5. The molecule has 0 fully saturated rings. The smallest absolute Gasteiger partial charge is 0.341 e. The van der Waals surface area contributed by atoms with Crippen LogP contribution in [0.15, 0.2) is 26.5 Å². The first-order valence-electron chi connectivity index (χ1n) is 5.48. The van der Waals surface area contributed by atoms with Gasteiger partial charge in [0.2, 0.25) is 0 Å². The summed E-state index contributed by atoms with van der Waals surface area (Å²) >= 11 is 10.4. The monoisotopic (exact) mass is 390 g/mol. The molecule has 0 unspecified atom stereocenters. The van der Waals surface area contributed by atoms with Crippen LogP contribution in [0.3, 0.4) is 0 Å². The molecule has 1 heterocycles. The highest BCUT2D eigenvalue weighted by Gasteiger charge is 2.20. The number of amidine groups is 1. The summed E-state index contributed by atoms with van der Waals surface area (Å²) in [5.74, 6) is -1.29. The van der Waals surface area contributed by atoms with E-state index in [0.717, 1.165) is 11.8 Å². The second kappa shape index (κ2) is 6.50. The number of nitrogens with zero attached hydrogens (tertiary/aromatic N) is 1. The first-order chi connectivity index (χ1) is 9.86. The summed E-state index contributed by atoms with van der Waals surface area (Å²) in [7, 11) is 0. The van der Waals surface area contributed by atoms with Gasteiger partial charge in [0.25, 0.3) is 5.91 Å². The van der Waals surface area contributed by atoms with Crippen molar-refractivity contribution in [2.75, 3.05) is 6.61 Å². The Morgan fingerprint density at radius 2 is 2.29 bits per heavy atom. The van der Waals surface area contributed by atoms with Gasteiger partial charge in [0.15, 0.2) is 17.5 Å². The fraction of sp³-hybridized carbons (Fsp3) is 0.0833. The van der Waals surface area contributed by atoms with Crippen molar-refractivity contribution in [3.05, 3.63) is 32.1 Å². The minimum atomic E-state index is -1.11. The van der Waals surface area contributed by atoms with Crippen molar-refractivity contribution in [2.45, 2.75) is 0 Å². The lowest BCUT2D eigenvalue weighted by Gasteiger charge is -2.09. The number of aliphatic carboxylic acids is 1. The molecule has 1 aromatic rings. The Kier molecular flexibility index (Phi) is 4.92. The molecule has 0 saturated heterocycles. The van der Waals surface area contributed by atoms with E-state index in [-0.39, 0.29) is 15.9 Å². The van der Waals surface area contributed by atoms with Gasteiger partial charge in [-0.1, -0.05) is 11.6 Å². The molecule has 1 aliphatic rings. The molecule has 3 N–H and O–H groups in total. The molecule has 0 bridgehead atoms. The Balaban J connectivity index is 2.26. The van der Waals surface area contributed by atoms with E-state index in [4.69, 9.17) is 27.2 Å². The normalized spacial score (nSPS) is 16.2. The van der Waals surface area contributed by atoms with Crippen molar-refractivity contribution in [1.29, 1.82) is 0 Å². The van der Waals surface area contributed by atoms with Gasteiger partial charge in [-0.15, -0.1) is 0 Å². The summed E-state index contributed by atoms with van der Waals surface area (Å²) < 4.78 is 5.56. The molecule has 0 radical (unpaired) electrons. The number of hydrogen-bond donors (Lipinski definition) is 2. The van der Waals surface area contributed by atoms with E-state index in [0.29, 0.717) is 14.9 Å². The van der Waals surface area contributed by atoms with E-state index in [1.807, 2.05) is 0 Å². The number of rotatable bonds is 4. The second-order valence-corrected chi connectivity index (χ2v) is 6.19. The number of aliphatic imine (C=N–C) groups is 1. The van der Waals surface area contributed by atoms with Gasteiger partial charge in [0.1, 0.15) is 0 Å². The lowest BCUT2D eigenvalue weighted by atomic mass is 10.2. The number of thioether (sulfide) groups is 1. The number of carbonyl (C=O) groups is 2. The quantitative estimate of drug-likeness (QED) is 0.765. The zero-order chi connectivity index (χ0) is 15.6. The lowest BCUT2D eigenvalue weighted by Crippen LogP contribution is -2.10. The van der Waals surface area contributed by atoms with Crippen LogP contribution in [0.1, 0.15) is 5.56 Å². The average molecular weight is 392 g/mol. The van der Waals surface area contributed by atoms with Crippen LogP contribution in [-0.4, -0.2) is 28.8 Å². The summed E-state index contributed by atoms with van der Waals surface area (Å²) in [6.07, 6.45) is 1.59. The third-order valence-electron chi connectivity index (χ3n) is 2.30. The molecule has 1 amide bonds. The van der Waals surface area contributed by atoms with E-state index < -0.39 is 18.5 Å². The van der Waals surface area contributed by atoms with E-state index >= 15 is 0 Å². The van der Waals surface area contributed by atoms with Crippen LogP contribution < -0.4 is 10.5 Å². The summed E-state index contributed by atoms with van der Waals surface area (Å²) in [6, 6.07) is 3.21. The molecule has 0 aliphatic carbocycles. The zero-order valence-electron chi connectivity index (χ0n) is 10.3. The number of halogens is 2. The van der Waals surface area contributed by atoms with Crippen LogP contribution in [0.2, 0.25) is 5.02 Å². The van der Waals surface area contributed by atoms with Crippen molar-refractivity contribution < 1.29 is 19.4 Å². The van der Waals surface area contributed by atoms with Crippen molar-refractivity contribution in [3.8, 4) is 5.75 Å². The number of carbonyl (C=O) groups excluding carboxylic acids is 1. The van der Waals surface area contributed by atoms with E-state index in [2.05, 4.69) is 20.9 Å². The number of hydrogen-bond acceptors (Lipinski definition) is 5. The lowest BCUT2D eigenvalue weighted by molar-refractivity contribution is -0.139. The van der Waals surface area contributed by atoms with Gasteiger partial charge in [0, 0.05) is 0 Å². The number of ether oxygens (including phenoxy) is 1. The Morgan fingerprint density at radius 3 is 2.81 bits per heavy atom. The topological polar surface area (TPSA) is 102 Å². The van der Waals surface area contributed by atoms with Crippen LogP contribution >= 0.6 is 39.3 Å². The van der Waals surface area contributed by atoms with Gasteiger partial charge in [-0.2, -0.15) is 4.99 Å². The molecule has 0 atom stereocenters. The molecule has 110 valence electrons. The minimum Gasteiger partial charge on any atom is -0.479 e. The zero-order valence-corrected chi connectivity index (χ0v) is 13.5. The van der Waals surface area contributed by atoms with E-state index in [9.17, 15) is 9.59 Å². The summed E-state index contributed by atoms with van der Waals surface area (Å²) in [6.45, 7) is -0.503. The molecule has 9 heteroatoms. The second-order valence-electron chi connectivity index (χ2n) is 3.86. The number of benzene rings is 1. The Hall–Kier alpha value is -1.51. The molecule has 0 spiro atoms. The average Bonchev–Trinajstić information content (AvgIpc) is 2.66. The molecular weight excluding hydrogens is 384 g/mol. The molecular formula is C12H8BrClN2O4S. The highest BCUT2D eigenvalue weighted by Crippen LogP contribution is 2.36. The molecule has 0 aromatic heterocycles. The molecule has 6 nitrogen and oxygen atoms in total. The van der Waals surface area contributed by atoms with Gasteiger partial charge in [-0.3, -0.25) is 4.79 Å². The third-order valence-corrected chi connectivity index (χ3v) is 3.98. The Morgan fingerprint density at radius 1 is 1.57 bits per heavy atom. The summed E-state index contributed by atoms with van der Waals surface area (Å²) in [5, 5.41) is 9.01. The van der Waals surface area contributed by atoms with Crippen LogP contribution in [0.5, 0.6) is 5.75 Å². The van der Waals surface area contributed by atoms with Gasteiger partial charge >= 0.3 is 5.97 Å². The highest BCUT2D eigenvalue weighted by atomic mass is 79.9. The fourth-order valence-electron chi connectivity index (χ4n) is 1.51. The predicted molar refractivity (Wildman–Crippen MR) is 84.5 cm³/mol. The first-order valence-corrected chi connectivity index (χ1v) is 7.47. The van der Waals surface area contributed by atoms with Crippen LogP contribution in [0.25, 0.3) is 6.08 Å². The maximum Gasteiger partial charge on any atom is 0.341 e. The molecule has 1 aliphatic heterocycles. The van der Waals surface area contributed by atoms with Crippen LogP contribution in [0.4, 0.5) is 0 Å². The molecule has 0 saturated carbocycles. The highest BCUT2D eigenvalue weighted by molar-refractivity contribution is 9.10. The first kappa shape index (κ1) is 15.9. The minimum absolute atomic E-state index is 0.192. The van der Waals surface area contributed by atoms with Crippen molar-refractivity contribution in [3.63, 3.8) is 0 Å². The van der Waals surface area contributed by atoms with Gasteiger partial charge in [0.05, 0.1) is 14.4 Å². The van der Waals surface area contributed by atoms with Crippen LogP contribution in [0, 0.1) is 0 Å². The Bertz CT molecular complexity index is 667. The predicted octanol–water partition coefficient (Wildman–Crippen LogP) is 2.49. The Labute approximate surface area is 137 Å². The molecule has 1 aromatic carbocycles. The summed E-state index contributed by atoms with van der Waals surface area (Å²) in [4.78, 5) is 26.0. The fourth-order valence-corrected chi connectivity index (χ4v) is 3.18. The third kappa shape index (κ3) is 3.99. The van der Waals surface area contributed by atoms with E-state index in [1.54, 1.807) is 18.2 Å². The van der Waals surface area contributed by atoms with Crippen molar-refractivity contribution >= 4 is 62.4 Å². The number of carboxylic acids is 1. The SMILES string of the molecule is NC1=NC(=O)C(=Cc2cc(Cl)c(OCC(=O)O)c(Br)c2)S1. The van der Waals surface area contributed by atoms with Gasteiger partial charge in [-0.05, 0) is 51.5 Å². The number of carboxylic acid groups (broad SMARTS) is 1. The van der Waals surface area contributed by atoms with Crippen molar-refractivity contribution in [1.82, 2.24) is 0 Å². The van der Waals surface area contributed by atoms with E-state index in [1.165, 1.54) is 0 Å². The van der Waals surface area contributed by atoms with Crippen LogP contribution in [-0.2, 0) is 9.59 Å². The molecule has 2 rings (SSSR count). The maximum atomic E-state index is 11.5. The molecule has 21 heavy (non-hydrogen) atoms. The standard InChI is InChI=1S/C12H8BrClN2O4S/c13-6-1-5(3-8-11(19)16-12(15)21-8)2-7(14)10(6)20-4-9(17)18/h1-3H,4H2,(H,17,18)(H2,15,16,19). The van der Waals surface area contributed by atoms with Crippen molar-refractivity contribution in [2.24, 2.45) is 10.7 Å². The number of nitrogens with two attached hydrogens (primary N) is 1. The number of amides is 1. The van der Waals surface area contributed by atoms with Gasteiger partial charge < -0.3 is 15.6 Å². The van der Waals surface area contributed by atoms with Gasteiger partial charge in [-0.25, -0.2) is 4.79 Å². The summed E-state index contributed by atoms with van der Waals surface area (Å²) in [5.41, 5.74) is 6.10. The largest absolute Gasteiger partial charge is 0.479 e.